The van der Waals surface area contributed by atoms with Gasteiger partial charge in [0.25, 0.3) is 0 Å². The van der Waals surface area contributed by atoms with Crippen LogP contribution in [0.15, 0.2) is 30.3 Å². The lowest BCUT2D eigenvalue weighted by Gasteiger charge is -2.00. The zero-order chi connectivity index (χ0) is 13.1. The van der Waals surface area contributed by atoms with Crippen molar-refractivity contribution in [2.24, 2.45) is 0 Å². The molecule has 2 rings (SSSR count). The normalized spacial score (nSPS) is 10.3. The fourth-order valence-electron chi connectivity index (χ4n) is 1.56. The molecule has 0 unspecified atom stereocenters. The number of thiophene rings is 1. The molecule has 0 amide bonds. The number of benzene rings is 1. The number of hydrogen-bond acceptors (Lipinski definition) is 4. The van der Waals surface area contributed by atoms with E-state index >= 15 is 0 Å². The molecule has 0 aliphatic heterocycles. The standard InChI is InChI=1S/C13H12ClNO2S/c1-2-17-13(16)12-10(15)7-11(18-12)8-5-3-4-6-9(8)14/h3-7H,2,15H2,1H3. The van der Waals surface area contributed by atoms with Crippen LogP contribution in [0.1, 0.15) is 16.6 Å². The Morgan fingerprint density at radius 3 is 2.83 bits per heavy atom. The summed E-state index contributed by atoms with van der Waals surface area (Å²) in [5.74, 6) is -0.390. The molecule has 0 aliphatic rings. The summed E-state index contributed by atoms with van der Waals surface area (Å²) >= 11 is 7.40. The Labute approximate surface area is 114 Å². The average molecular weight is 282 g/mol. The second kappa shape index (κ2) is 5.42. The Morgan fingerprint density at radius 1 is 1.44 bits per heavy atom. The maximum atomic E-state index is 11.7. The van der Waals surface area contributed by atoms with E-state index in [2.05, 4.69) is 0 Å². The third-order valence-electron chi connectivity index (χ3n) is 2.36. The molecule has 2 N–H and O–H groups in total. The molecule has 5 heteroatoms. The van der Waals surface area contributed by atoms with Crippen molar-refractivity contribution in [1.82, 2.24) is 0 Å². The van der Waals surface area contributed by atoms with Gasteiger partial charge < -0.3 is 10.5 Å². The van der Waals surface area contributed by atoms with E-state index in [-0.39, 0.29) is 0 Å². The smallest absolute Gasteiger partial charge is 0.350 e. The van der Waals surface area contributed by atoms with Crippen molar-refractivity contribution in [3.63, 3.8) is 0 Å². The van der Waals surface area contributed by atoms with Crippen LogP contribution < -0.4 is 5.73 Å². The molecule has 0 atom stereocenters. The zero-order valence-electron chi connectivity index (χ0n) is 9.77. The molecule has 0 saturated heterocycles. The SMILES string of the molecule is CCOC(=O)c1sc(-c2ccccc2Cl)cc1N. The van der Waals surface area contributed by atoms with E-state index in [0.29, 0.717) is 22.2 Å². The lowest BCUT2D eigenvalue weighted by atomic mass is 10.2. The van der Waals surface area contributed by atoms with Crippen LogP contribution in [-0.4, -0.2) is 12.6 Å². The summed E-state index contributed by atoms with van der Waals surface area (Å²) in [5, 5.41) is 0.633. The van der Waals surface area contributed by atoms with Crippen molar-refractivity contribution in [2.45, 2.75) is 6.92 Å². The number of rotatable bonds is 3. The molecule has 0 bridgehead atoms. The van der Waals surface area contributed by atoms with Crippen LogP contribution >= 0.6 is 22.9 Å². The molecular formula is C13H12ClNO2S. The predicted molar refractivity (Wildman–Crippen MR) is 75.1 cm³/mol. The fraction of sp³-hybridized carbons (Fsp3) is 0.154. The predicted octanol–water partition coefficient (Wildman–Crippen LogP) is 3.83. The van der Waals surface area contributed by atoms with Gasteiger partial charge in [0.05, 0.1) is 12.3 Å². The Balaban J connectivity index is 2.41. The van der Waals surface area contributed by atoms with Gasteiger partial charge in [-0.05, 0) is 19.1 Å². The van der Waals surface area contributed by atoms with Crippen molar-refractivity contribution >= 4 is 34.6 Å². The topological polar surface area (TPSA) is 52.3 Å². The number of nitrogens with two attached hydrogens (primary N) is 1. The first-order chi connectivity index (χ1) is 8.63. The molecule has 0 spiro atoms. The van der Waals surface area contributed by atoms with Crippen molar-refractivity contribution in [2.75, 3.05) is 12.3 Å². The van der Waals surface area contributed by atoms with Gasteiger partial charge in [0, 0.05) is 15.5 Å². The third kappa shape index (κ3) is 2.49. The fourth-order valence-corrected chi connectivity index (χ4v) is 2.86. The molecule has 18 heavy (non-hydrogen) atoms. The lowest BCUT2D eigenvalue weighted by molar-refractivity contribution is 0.0533. The van der Waals surface area contributed by atoms with Gasteiger partial charge >= 0.3 is 5.97 Å². The number of carbonyl (C=O) groups excluding carboxylic acids is 1. The number of hydrogen-bond donors (Lipinski definition) is 1. The van der Waals surface area contributed by atoms with Gasteiger partial charge in [-0.1, -0.05) is 29.8 Å². The van der Waals surface area contributed by atoms with E-state index in [1.165, 1.54) is 11.3 Å². The molecule has 1 aromatic heterocycles. The summed E-state index contributed by atoms with van der Waals surface area (Å²) < 4.78 is 4.95. The summed E-state index contributed by atoms with van der Waals surface area (Å²) in [6.45, 7) is 2.09. The number of carbonyl (C=O) groups is 1. The van der Waals surface area contributed by atoms with E-state index in [1.54, 1.807) is 19.1 Å². The van der Waals surface area contributed by atoms with Crippen LogP contribution in [0.3, 0.4) is 0 Å². The first-order valence-electron chi connectivity index (χ1n) is 5.44. The Bertz CT molecular complexity index is 580. The Hall–Kier alpha value is -1.52. The van der Waals surface area contributed by atoms with Crippen LogP contribution in [0.4, 0.5) is 5.69 Å². The highest BCUT2D eigenvalue weighted by Gasteiger charge is 2.17. The van der Waals surface area contributed by atoms with Gasteiger partial charge in [-0.3, -0.25) is 0 Å². The highest BCUT2D eigenvalue weighted by atomic mass is 35.5. The minimum atomic E-state index is -0.390. The highest BCUT2D eigenvalue weighted by molar-refractivity contribution is 7.18. The van der Waals surface area contributed by atoms with Gasteiger partial charge in [0.2, 0.25) is 0 Å². The minimum absolute atomic E-state index is 0.331. The largest absolute Gasteiger partial charge is 0.462 e. The number of halogens is 1. The number of ether oxygens (including phenoxy) is 1. The molecule has 94 valence electrons. The maximum absolute atomic E-state index is 11.7. The van der Waals surface area contributed by atoms with Gasteiger partial charge in [-0.2, -0.15) is 0 Å². The molecule has 3 nitrogen and oxygen atoms in total. The van der Waals surface area contributed by atoms with Gasteiger partial charge in [0.15, 0.2) is 0 Å². The molecular weight excluding hydrogens is 270 g/mol. The molecule has 2 aromatic rings. The molecule has 0 radical (unpaired) electrons. The van der Waals surface area contributed by atoms with Crippen LogP contribution in [0.25, 0.3) is 10.4 Å². The van der Waals surface area contributed by atoms with Crippen LogP contribution in [0.2, 0.25) is 5.02 Å². The molecule has 0 aliphatic carbocycles. The first-order valence-corrected chi connectivity index (χ1v) is 6.64. The van der Waals surface area contributed by atoms with Crippen molar-refractivity contribution < 1.29 is 9.53 Å². The van der Waals surface area contributed by atoms with E-state index in [0.717, 1.165) is 10.4 Å². The minimum Gasteiger partial charge on any atom is -0.462 e. The van der Waals surface area contributed by atoms with Crippen LogP contribution in [-0.2, 0) is 4.74 Å². The quantitative estimate of drug-likeness (QED) is 0.870. The molecule has 1 aromatic carbocycles. The van der Waals surface area contributed by atoms with E-state index in [1.807, 2.05) is 18.2 Å². The average Bonchev–Trinajstić information content (AvgIpc) is 2.72. The second-order valence-corrected chi connectivity index (χ2v) is 5.05. The highest BCUT2D eigenvalue weighted by Crippen LogP contribution is 2.37. The summed E-state index contributed by atoms with van der Waals surface area (Å²) in [7, 11) is 0. The van der Waals surface area contributed by atoms with E-state index < -0.39 is 5.97 Å². The maximum Gasteiger partial charge on any atom is 0.350 e. The van der Waals surface area contributed by atoms with Crippen LogP contribution in [0, 0.1) is 0 Å². The Kier molecular flexibility index (Phi) is 3.89. The number of anilines is 1. The lowest BCUT2D eigenvalue weighted by Crippen LogP contribution is -2.04. The van der Waals surface area contributed by atoms with Gasteiger partial charge in [-0.15, -0.1) is 11.3 Å². The van der Waals surface area contributed by atoms with Gasteiger partial charge in [0.1, 0.15) is 4.88 Å². The first kappa shape index (κ1) is 12.9. The summed E-state index contributed by atoms with van der Waals surface area (Å²) in [5.41, 5.74) is 7.12. The molecule has 0 saturated carbocycles. The van der Waals surface area contributed by atoms with Crippen molar-refractivity contribution in [1.29, 1.82) is 0 Å². The summed E-state index contributed by atoms with van der Waals surface area (Å²) in [6.07, 6.45) is 0. The van der Waals surface area contributed by atoms with Crippen molar-refractivity contribution in [3.05, 3.63) is 40.2 Å². The molecule has 0 fully saturated rings. The molecule has 1 heterocycles. The van der Waals surface area contributed by atoms with E-state index in [4.69, 9.17) is 22.1 Å². The number of esters is 1. The van der Waals surface area contributed by atoms with Crippen molar-refractivity contribution in [3.8, 4) is 10.4 Å². The summed E-state index contributed by atoms with van der Waals surface area (Å²) in [6, 6.07) is 9.19. The second-order valence-electron chi connectivity index (χ2n) is 3.60. The van der Waals surface area contributed by atoms with E-state index in [9.17, 15) is 4.79 Å². The van der Waals surface area contributed by atoms with Gasteiger partial charge in [-0.25, -0.2) is 4.79 Å². The Morgan fingerprint density at radius 2 is 2.17 bits per heavy atom. The number of nitrogen functional groups attached to an aromatic ring is 1. The summed E-state index contributed by atoms with van der Waals surface area (Å²) in [4.78, 5) is 13.0. The van der Waals surface area contributed by atoms with Crippen LogP contribution in [0.5, 0.6) is 0 Å². The monoisotopic (exact) mass is 281 g/mol. The third-order valence-corrected chi connectivity index (χ3v) is 3.85. The zero-order valence-corrected chi connectivity index (χ0v) is 11.3.